The van der Waals surface area contributed by atoms with E-state index in [9.17, 15) is 31.5 Å². The van der Waals surface area contributed by atoms with Crippen LogP contribution >= 0.6 is 0 Å². The maximum absolute atomic E-state index is 11.0. The van der Waals surface area contributed by atoms with Crippen LogP contribution in [0.5, 0.6) is 0 Å². The van der Waals surface area contributed by atoms with Crippen LogP contribution in [0.1, 0.15) is 19.8 Å². The summed E-state index contributed by atoms with van der Waals surface area (Å²) in [7, 11) is -8.12. The molecule has 1 rings (SSSR count). The van der Waals surface area contributed by atoms with Gasteiger partial charge in [-0.1, -0.05) is 17.7 Å². The van der Waals surface area contributed by atoms with Gasteiger partial charge in [-0.3, -0.25) is 14.7 Å². The second kappa shape index (κ2) is 8.73. The molecule has 0 bridgehead atoms. The number of non-ortho nitro benzene ring substituents is 1. The van der Waals surface area contributed by atoms with Gasteiger partial charge in [0, 0.05) is 12.1 Å². The fourth-order valence-corrected chi connectivity index (χ4v) is 2.28. The molecule has 0 aliphatic heterocycles. The monoisotopic (exact) mass is 359 g/mol. The summed E-state index contributed by atoms with van der Waals surface area (Å²) in [5, 5.41) is 10.2. The average molecular weight is 359 g/mol. The minimum Gasteiger partial charge on any atom is -0.282 e. The van der Waals surface area contributed by atoms with Gasteiger partial charge in [-0.25, -0.2) is 0 Å². The first kappa shape index (κ1) is 20.4. The zero-order chi connectivity index (χ0) is 17.4. The lowest BCUT2D eigenvalue weighted by atomic mass is 10.3. The Morgan fingerprint density at radius 3 is 2.05 bits per heavy atom. The number of hydrogen-bond acceptors (Lipinski definition) is 7. The van der Waals surface area contributed by atoms with Gasteiger partial charge in [0.05, 0.1) is 15.6 Å². The zero-order valence-electron chi connectivity index (χ0n) is 11.4. The lowest BCUT2D eigenvalue weighted by Crippen LogP contribution is -2.04. The molecule has 0 saturated carbocycles. The van der Waals surface area contributed by atoms with Gasteiger partial charge in [0.25, 0.3) is 25.9 Å². The van der Waals surface area contributed by atoms with Crippen molar-refractivity contribution in [2.75, 3.05) is 5.75 Å². The van der Waals surface area contributed by atoms with Crippen LogP contribution < -0.4 is 0 Å². The highest BCUT2D eigenvalue weighted by atomic mass is 32.2. The molecule has 1 aromatic carbocycles. The van der Waals surface area contributed by atoms with Crippen LogP contribution in [-0.4, -0.2) is 32.1 Å². The molecular weight excluding hydrogens is 345 g/mol. The van der Waals surface area contributed by atoms with Crippen molar-refractivity contribution in [2.24, 2.45) is 0 Å². The van der Waals surface area contributed by atoms with Crippen molar-refractivity contribution in [3.05, 3.63) is 34.4 Å². The molecule has 0 heterocycles. The van der Waals surface area contributed by atoms with E-state index in [1.54, 1.807) is 0 Å². The number of benzene rings is 1. The summed E-state index contributed by atoms with van der Waals surface area (Å²) in [6, 6.07) is 3.94. The lowest BCUT2D eigenvalue weighted by Gasteiger charge is -1.94. The van der Waals surface area contributed by atoms with Gasteiger partial charge in [0.15, 0.2) is 0 Å². The Bertz CT molecular complexity index is 684. The molecule has 0 fully saturated rings. The van der Waals surface area contributed by atoms with Crippen molar-refractivity contribution in [1.29, 1.82) is 0 Å². The van der Waals surface area contributed by atoms with E-state index in [0.717, 1.165) is 24.3 Å². The van der Waals surface area contributed by atoms with Crippen LogP contribution in [-0.2, 0) is 24.6 Å². The molecule has 1 N–H and O–H groups in total. The third kappa shape index (κ3) is 7.97. The number of nitro benzene ring substituents is 1. The fourth-order valence-electron chi connectivity index (χ4n) is 1.09. The molecule has 0 amide bonds. The highest BCUT2D eigenvalue weighted by molar-refractivity contribution is 7.86. The molecule has 1 aromatic rings. The zero-order valence-corrected chi connectivity index (χ0v) is 13.0. The molecule has 0 radical (unpaired) electrons. The van der Waals surface area contributed by atoms with E-state index in [0.29, 0.717) is 12.8 Å². The summed E-state index contributed by atoms with van der Waals surface area (Å²) in [6.07, 6.45) is 1.15. The summed E-state index contributed by atoms with van der Waals surface area (Å²) in [5.41, 5.74) is -0.229. The van der Waals surface area contributed by atoms with Gasteiger partial charge in [-0.15, -0.1) is 0 Å². The van der Waals surface area contributed by atoms with E-state index in [2.05, 4.69) is 4.39 Å². The molecule has 0 unspecified atom stereocenters. The number of rotatable bonds is 6. The predicted molar refractivity (Wildman–Crippen MR) is 73.8 cm³/mol. The van der Waals surface area contributed by atoms with Crippen molar-refractivity contribution in [1.82, 2.24) is 0 Å². The first-order valence-corrected chi connectivity index (χ1v) is 8.80. The second-order valence-corrected chi connectivity index (χ2v) is 6.98. The predicted octanol–water partition coefficient (Wildman–Crippen LogP) is 1.86. The van der Waals surface area contributed by atoms with E-state index < -0.39 is 25.2 Å². The van der Waals surface area contributed by atoms with Crippen LogP contribution in [0.3, 0.4) is 0 Å². The first-order valence-electron chi connectivity index (χ1n) is 5.78. The van der Waals surface area contributed by atoms with Crippen LogP contribution in [0.2, 0.25) is 0 Å². The maximum Gasteiger partial charge on any atom is 0.297 e. The normalized spacial score (nSPS) is 11.4. The average Bonchev–Trinajstić information content (AvgIpc) is 2.45. The van der Waals surface area contributed by atoms with Crippen molar-refractivity contribution in [2.45, 2.75) is 24.7 Å². The van der Waals surface area contributed by atoms with Crippen LogP contribution in [0.15, 0.2) is 29.2 Å². The second-order valence-electron chi connectivity index (χ2n) is 3.90. The molecule has 9 nitrogen and oxygen atoms in total. The molecule has 0 atom stereocenters. The standard InChI is InChI=1S/C6H5NO5S.C4H9FO3S/c8-7(9)5-1-3-6(4-2-5)13(10,11)12;1-2-3-4-9(6,7)8-5/h1-4H,(H,10,11,12);2-4H2,1H3. The quantitative estimate of drug-likeness (QED) is 0.461. The van der Waals surface area contributed by atoms with Crippen molar-refractivity contribution in [3.8, 4) is 0 Å². The number of hydrogen-bond donors (Lipinski definition) is 1. The Kier molecular flexibility index (Phi) is 8.08. The number of halogens is 1. The number of nitro groups is 1. The smallest absolute Gasteiger partial charge is 0.282 e. The third-order valence-electron chi connectivity index (χ3n) is 2.19. The summed E-state index contributed by atoms with van der Waals surface area (Å²) in [4.78, 5) is 9.13. The summed E-state index contributed by atoms with van der Waals surface area (Å²) in [6.45, 7) is 1.81. The molecular formula is C10H14FNO8S2. The molecule has 0 spiro atoms. The molecule has 0 aliphatic rings. The van der Waals surface area contributed by atoms with Gasteiger partial charge in [-0.05, 0) is 23.1 Å². The molecule has 0 aromatic heterocycles. The third-order valence-corrected chi connectivity index (χ3v) is 4.04. The molecule has 0 saturated heterocycles. The van der Waals surface area contributed by atoms with E-state index in [4.69, 9.17) is 4.55 Å². The highest BCUT2D eigenvalue weighted by Crippen LogP contribution is 2.14. The van der Waals surface area contributed by atoms with E-state index >= 15 is 0 Å². The van der Waals surface area contributed by atoms with Gasteiger partial charge in [0.2, 0.25) is 0 Å². The van der Waals surface area contributed by atoms with Crippen LogP contribution in [0.4, 0.5) is 10.2 Å². The van der Waals surface area contributed by atoms with Crippen LogP contribution in [0, 0.1) is 10.1 Å². The highest BCUT2D eigenvalue weighted by Gasteiger charge is 2.11. The van der Waals surface area contributed by atoms with Gasteiger partial charge >= 0.3 is 0 Å². The van der Waals surface area contributed by atoms with Gasteiger partial charge in [-0.2, -0.15) is 16.8 Å². The fraction of sp³-hybridized carbons (Fsp3) is 0.400. The summed E-state index contributed by atoms with van der Waals surface area (Å²) < 4.78 is 63.6. The first-order chi connectivity index (χ1) is 10.0. The summed E-state index contributed by atoms with van der Waals surface area (Å²) in [5.74, 6) is -0.236. The molecule has 126 valence electrons. The van der Waals surface area contributed by atoms with Gasteiger partial charge in [0.1, 0.15) is 0 Å². The largest absolute Gasteiger partial charge is 0.297 e. The van der Waals surface area contributed by atoms with Crippen molar-refractivity contribution >= 4 is 25.9 Å². The lowest BCUT2D eigenvalue weighted by molar-refractivity contribution is -0.384. The van der Waals surface area contributed by atoms with E-state index in [1.165, 1.54) is 0 Å². The number of nitrogens with zero attached hydrogens (tertiary/aromatic N) is 1. The van der Waals surface area contributed by atoms with Crippen molar-refractivity contribution < 1.29 is 35.2 Å². The maximum atomic E-state index is 11.0. The minimum absolute atomic E-state index is 0.229. The molecule has 12 heteroatoms. The summed E-state index contributed by atoms with van der Waals surface area (Å²) >= 11 is 0. The molecule has 22 heavy (non-hydrogen) atoms. The number of unbranched alkanes of at least 4 members (excludes halogenated alkanes) is 1. The Labute approximate surface area is 126 Å². The Morgan fingerprint density at radius 1 is 1.23 bits per heavy atom. The molecule has 0 aliphatic carbocycles. The Hall–Kier alpha value is -1.63. The Morgan fingerprint density at radius 2 is 1.73 bits per heavy atom. The van der Waals surface area contributed by atoms with Crippen LogP contribution in [0.25, 0.3) is 0 Å². The Balaban J connectivity index is 0.000000433. The van der Waals surface area contributed by atoms with E-state index in [1.807, 2.05) is 6.92 Å². The minimum atomic E-state index is -4.27. The topological polar surface area (TPSA) is 141 Å². The van der Waals surface area contributed by atoms with Crippen molar-refractivity contribution in [3.63, 3.8) is 0 Å². The SMILES string of the molecule is CCCCS(=O)(=O)OF.O=[N+]([O-])c1ccc(S(=O)(=O)O)cc1. The van der Waals surface area contributed by atoms with Gasteiger partial charge < -0.3 is 0 Å². The van der Waals surface area contributed by atoms with E-state index in [-0.39, 0.29) is 16.3 Å².